The standard InChI is InChI=1S/C8H13N3O5/c1-2-16-8(13)4-10-6(5-12)3-7(9)11(14)15/h3,12H,2,4-5,9H2,1H3/b7-3+,10-6?. The maximum atomic E-state index is 10.9. The summed E-state index contributed by atoms with van der Waals surface area (Å²) in [6.45, 7) is 0.994. The van der Waals surface area contributed by atoms with Crippen molar-refractivity contribution in [2.45, 2.75) is 6.92 Å². The zero-order valence-corrected chi connectivity index (χ0v) is 8.75. The Morgan fingerprint density at radius 2 is 2.31 bits per heavy atom. The van der Waals surface area contributed by atoms with Gasteiger partial charge in [0.15, 0.2) is 0 Å². The molecule has 0 fully saturated rings. The van der Waals surface area contributed by atoms with E-state index in [1.807, 2.05) is 0 Å². The molecule has 16 heavy (non-hydrogen) atoms. The van der Waals surface area contributed by atoms with Crippen molar-refractivity contribution in [3.05, 3.63) is 22.0 Å². The van der Waals surface area contributed by atoms with Crippen LogP contribution in [0.5, 0.6) is 0 Å². The molecule has 90 valence electrons. The highest BCUT2D eigenvalue weighted by atomic mass is 16.6. The minimum absolute atomic E-state index is 0.0535. The Morgan fingerprint density at radius 3 is 2.75 bits per heavy atom. The van der Waals surface area contributed by atoms with Gasteiger partial charge in [-0.3, -0.25) is 15.5 Å². The van der Waals surface area contributed by atoms with Crippen LogP contribution in [0.15, 0.2) is 16.9 Å². The Bertz CT molecular complexity index is 324. The zero-order chi connectivity index (χ0) is 12.6. The van der Waals surface area contributed by atoms with Crippen LogP contribution in [0.25, 0.3) is 0 Å². The molecule has 0 aromatic rings. The number of hydrogen-bond acceptors (Lipinski definition) is 7. The molecule has 0 radical (unpaired) electrons. The van der Waals surface area contributed by atoms with Gasteiger partial charge in [0.05, 0.1) is 25.0 Å². The van der Waals surface area contributed by atoms with E-state index in [-0.39, 0.29) is 18.9 Å². The van der Waals surface area contributed by atoms with Crippen molar-refractivity contribution in [3.63, 3.8) is 0 Å². The van der Waals surface area contributed by atoms with E-state index < -0.39 is 23.3 Å². The van der Waals surface area contributed by atoms with Crippen LogP contribution in [0.3, 0.4) is 0 Å². The predicted molar refractivity (Wildman–Crippen MR) is 55.3 cm³/mol. The van der Waals surface area contributed by atoms with Crippen LogP contribution in [0.2, 0.25) is 0 Å². The fourth-order valence-electron chi connectivity index (χ4n) is 0.737. The number of hydrogen-bond donors (Lipinski definition) is 2. The molecule has 0 amide bonds. The van der Waals surface area contributed by atoms with Crippen LogP contribution in [-0.2, 0) is 9.53 Å². The predicted octanol–water partition coefficient (Wildman–Crippen LogP) is -0.940. The first kappa shape index (κ1) is 14.0. The Labute approximate surface area is 91.6 Å². The highest BCUT2D eigenvalue weighted by Gasteiger charge is 2.05. The van der Waals surface area contributed by atoms with Crippen LogP contribution >= 0.6 is 0 Å². The van der Waals surface area contributed by atoms with Gasteiger partial charge in [0.25, 0.3) is 0 Å². The van der Waals surface area contributed by atoms with Gasteiger partial charge >= 0.3 is 11.8 Å². The monoisotopic (exact) mass is 231 g/mol. The largest absolute Gasteiger partial charge is 0.465 e. The first-order valence-electron chi connectivity index (χ1n) is 4.42. The summed E-state index contributed by atoms with van der Waals surface area (Å²) in [7, 11) is 0. The van der Waals surface area contributed by atoms with Crippen molar-refractivity contribution in [2.75, 3.05) is 19.8 Å². The number of carbonyl (C=O) groups excluding carboxylic acids is 1. The van der Waals surface area contributed by atoms with Crippen LogP contribution in [0.4, 0.5) is 0 Å². The second kappa shape index (κ2) is 7.35. The fourth-order valence-corrected chi connectivity index (χ4v) is 0.737. The van der Waals surface area contributed by atoms with E-state index in [0.29, 0.717) is 0 Å². The molecule has 0 atom stereocenters. The molecule has 0 saturated heterocycles. The molecule has 0 saturated carbocycles. The third-order valence-corrected chi connectivity index (χ3v) is 1.40. The van der Waals surface area contributed by atoms with Crippen molar-refractivity contribution in [2.24, 2.45) is 10.7 Å². The van der Waals surface area contributed by atoms with Gasteiger partial charge in [0, 0.05) is 0 Å². The van der Waals surface area contributed by atoms with Crippen molar-refractivity contribution in [3.8, 4) is 0 Å². The van der Waals surface area contributed by atoms with Crippen LogP contribution in [0, 0.1) is 10.1 Å². The van der Waals surface area contributed by atoms with E-state index in [4.69, 9.17) is 10.8 Å². The number of carbonyl (C=O) groups is 1. The molecular formula is C8H13N3O5. The molecule has 0 aromatic carbocycles. The number of rotatable bonds is 6. The fraction of sp³-hybridized carbons (Fsp3) is 0.500. The Hall–Kier alpha value is -1.96. The van der Waals surface area contributed by atoms with Gasteiger partial charge in [-0.25, -0.2) is 0 Å². The number of aliphatic hydroxyl groups is 1. The second-order valence-electron chi connectivity index (χ2n) is 2.60. The van der Waals surface area contributed by atoms with Crippen molar-refractivity contribution in [1.82, 2.24) is 0 Å². The summed E-state index contributed by atoms with van der Waals surface area (Å²) in [5.74, 6) is -1.24. The average molecular weight is 231 g/mol. The first-order valence-corrected chi connectivity index (χ1v) is 4.42. The summed E-state index contributed by atoms with van der Waals surface area (Å²) in [5, 5.41) is 19.0. The minimum atomic E-state index is -0.824. The van der Waals surface area contributed by atoms with E-state index in [1.165, 1.54) is 0 Å². The second-order valence-corrected chi connectivity index (χ2v) is 2.60. The topological polar surface area (TPSA) is 128 Å². The van der Waals surface area contributed by atoms with E-state index in [1.54, 1.807) is 6.92 Å². The third-order valence-electron chi connectivity index (χ3n) is 1.40. The molecule has 0 aliphatic heterocycles. The molecule has 8 nitrogen and oxygen atoms in total. The molecule has 8 heteroatoms. The van der Waals surface area contributed by atoms with E-state index in [9.17, 15) is 14.9 Å². The smallest absolute Gasteiger partial charge is 0.327 e. The van der Waals surface area contributed by atoms with Gasteiger partial charge < -0.3 is 20.0 Å². The van der Waals surface area contributed by atoms with E-state index in [0.717, 1.165) is 6.08 Å². The molecule has 0 aliphatic rings. The number of aliphatic hydroxyl groups excluding tert-OH is 1. The average Bonchev–Trinajstić information content (AvgIpc) is 2.24. The summed E-state index contributed by atoms with van der Waals surface area (Å²) in [6, 6.07) is 0. The zero-order valence-electron chi connectivity index (χ0n) is 8.75. The normalized spacial score (nSPS) is 12.4. The molecule has 0 heterocycles. The Morgan fingerprint density at radius 1 is 1.69 bits per heavy atom. The summed E-state index contributed by atoms with van der Waals surface area (Å²) < 4.78 is 4.58. The molecule has 0 bridgehead atoms. The quantitative estimate of drug-likeness (QED) is 0.263. The van der Waals surface area contributed by atoms with Crippen molar-refractivity contribution in [1.29, 1.82) is 0 Å². The van der Waals surface area contributed by atoms with E-state index >= 15 is 0 Å². The Kier molecular flexibility index (Phi) is 6.45. The molecule has 0 aromatic heterocycles. The van der Waals surface area contributed by atoms with Crippen molar-refractivity contribution >= 4 is 11.7 Å². The number of ether oxygens (including phenoxy) is 1. The number of nitrogens with zero attached hydrogens (tertiary/aromatic N) is 2. The molecule has 0 aliphatic carbocycles. The van der Waals surface area contributed by atoms with Crippen molar-refractivity contribution < 1.29 is 19.6 Å². The van der Waals surface area contributed by atoms with Crippen LogP contribution in [0.1, 0.15) is 6.92 Å². The molecule has 3 N–H and O–H groups in total. The lowest BCUT2D eigenvalue weighted by Gasteiger charge is -1.99. The first-order chi connectivity index (χ1) is 7.51. The van der Waals surface area contributed by atoms with Gasteiger partial charge in [0.1, 0.15) is 6.54 Å². The number of nitro groups is 1. The summed E-state index contributed by atoms with van der Waals surface area (Å²) in [5.41, 5.74) is 4.96. The van der Waals surface area contributed by atoms with E-state index in [2.05, 4.69) is 9.73 Å². The third kappa shape index (κ3) is 5.70. The summed E-state index contributed by atoms with van der Waals surface area (Å²) in [4.78, 5) is 23.9. The highest BCUT2D eigenvalue weighted by molar-refractivity contribution is 5.97. The van der Waals surface area contributed by atoms with Gasteiger partial charge in [-0.15, -0.1) is 0 Å². The minimum Gasteiger partial charge on any atom is -0.465 e. The van der Waals surface area contributed by atoms with Crippen LogP contribution < -0.4 is 5.73 Å². The van der Waals surface area contributed by atoms with Gasteiger partial charge in [-0.2, -0.15) is 0 Å². The molecular weight excluding hydrogens is 218 g/mol. The van der Waals surface area contributed by atoms with Gasteiger partial charge in [-0.1, -0.05) is 0 Å². The lowest BCUT2D eigenvalue weighted by atomic mass is 10.3. The maximum absolute atomic E-state index is 10.9. The molecule has 0 unspecified atom stereocenters. The van der Waals surface area contributed by atoms with Crippen LogP contribution in [-0.4, -0.2) is 41.5 Å². The summed E-state index contributed by atoms with van der Waals surface area (Å²) in [6.07, 6.45) is 0.888. The summed E-state index contributed by atoms with van der Waals surface area (Å²) >= 11 is 0. The Balaban J connectivity index is 4.50. The molecule has 0 spiro atoms. The molecule has 0 rings (SSSR count). The number of esters is 1. The lowest BCUT2D eigenvalue weighted by Crippen LogP contribution is -2.15. The number of nitrogens with two attached hydrogens (primary N) is 1. The maximum Gasteiger partial charge on any atom is 0.327 e. The van der Waals surface area contributed by atoms with Gasteiger partial charge in [-0.05, 0) is 11.8 Å². The highest BCUT2D eigenvalue weighted by Crippen LogP contribution is 1.90. The van der Waals surface area contributed by atoms with Gasteiger partial charge in [0.2, 0.25) is 0 Å². The number of aliphatic imine (C=N–C) groups is 1. The SMILES string of the molecule is CCOC(=O)CN=C(/C=C(\N)[N+](=O)[O-])CO. The lowest BCUT2D eigenvalue weighted by molar-refractivity contribution is -0.426.